The van der Waals surface area contributed by atoms with Crippen molar-refractivity contribution in [3.8, 4) is 0 Å². The second-order valence-corrected chi connectivity index (χ2v) is 5.47. The van der Waals surface area contributed by atoms with Crippen molar-refractivity contribution in [3.63, 3.8) is 0 Å². The number of nitrogens with zero attached hydrogens (tertiary/aromatic N) is 2. The highest BCUT2D eigenvalue weighted by Crippen LogP contribution is 2.14. The number of nitrogens with two attached hydrogens (primary N) is 1. The van der Waals surface area contributed by atoms with Gasteiger partial charge in [0.1, 0.15) is 4.99 Å². The molecule has 0 unspecified atom stereocenters. The monoisotopic (exact) mass is 285 g/mol. The smallest absolute Gasteiger partial charge is 0.103 e. The van der Waals surface area contributed by atoms with Crippen molar-refractivity contribution in [2.75, 3.05) is 7.05 Å². The molecule has 1 aromatic carbocycles. The molecule has 2 N–H and O–H groups in total. The summed E-state index contributed by atoms with van der Waals surface area (Å²) < 4.78 is 0. The summed E-state index contributed by atoms with van der Waals surface area (Å²) >= 11 is 5.00. The van der Waals surface area contributed by atoms with E-state index in [9.17, 15) is 0 Å². The molecule has 3 nitrogen and oxygen atoms in total. The maximum absolute atomic E-state index is 5.65. The highest BCUT2D eigenvalue weighted by atomic mass is 32.1. The molecule has 20 heavy (non-hydrogen) atoms. The van der Waals surface area contributed by atoms with Gasteiger partial charge in [0.05, 0.1) is 0 Å². The summed E-state index contributed by atoms with van der Waals surface area (Å²) in [6.07, 6.45) is 3.65. The van der Waals surface area contributed by atoms with Gasteiger partial charge >= 0.3 is 0 Å². The summed E-state index contributed by atoms with van der Waals surface area (Å²) in [5.41, 5.74) is 10.4. The fraction of sp³-hybridized carbons (Fsp3) is 0.250. The zero-order chi connectivity index (χ0) is 14.5. The predicted octanol–water partition coefficient (Wildman–Crippen LogP) is 2.66. The van der Waals surface area contributed by atoms with Crippen LogP contribution < -0.4 is 5.73 Å². The molecule has 104 valence electrons. The molecular formula is C16H19N3S. The minimum Gasteiger partial charge on any atom is -0.389 e. The minimum atomic E-state index is 0.449. The van der Waals surface area contributed by atoms with E-state index in [4.69, 9.17) is 18.0 Å². The Bertz CT molecular complexity index is 596. The van der Waals surface area contributed by atoms with E-state index in [-0.39, 0.29) is 0 Å². The molecule has 0 saturated heterocycles. The van der Waals surface area contributed by atoms with E-state index in [0.29, 0.717) is 4.99 Å². The van der Waals surface area contributed by atoms with Crippen LogP contribution in [0.4, 0.5) is 0 Å². The number of aryl methyl sites for hydroxylation is 1. The number of pyridine rings is 1. The summed E-state index contributed by atoms with van der Waals surface area (Å²) in [4.78, 5) is 6.76. The average molecular weight is 285 g/mol. The van der Waals surface area contributed by atoms with Crippen molar-refractivity contribution < 1.29 is 0 Å². The standard InChI is InChI=1S/C16H19N3S/c1-12-9-14(16(17)20)3-4-15(12)11-19(2)10-13-5-7-18-8-6-13/h3-9H,10-11H2,1-2H3,(H2,17,20). The van der Waals surface area contributed by atoms with Gasteiger partial charge in [0.25, 0.3) is 0 Å². The Morgan fingerprint density at radius 2 is 1.90 bits per heavy atom. The fourth-order valence-electron chi connectivity index (χ4n) is 2.17. The van der Waals surface area contributed by atoms with Crippen LogP contribution in [0.5, 0.6) is 0 Å². The number of thiocarbonyl (C=S) groups is 1. The first-order valence-corrected chi connectivity index (χ1v) is 6.94. The average Bonchev–Trinajstić information content (AvgIpc) is 2.42. The molecule has 0 amide bonds. The van der Waals surface area contributed by atoms with E-state index in [2.05, 4.69) is 36.0 Å². The Hall–Kier alpha value is -1.78. The molecule has 0 aliphatic carbocycles. The zero-order valence-corrected chi connectivity index (χ0v) is 12.7. The van der Waals surface area contributed by atoms with E-state index < -0.39 is 0 Å². The van der Waals surface area contributed by atoms with E-state index in [0.717, 1.165) is 18.7 Å². The lowest BCUT2D eigenvalue weighted by Gasteiger charge is -2.18. The van der Waals surface area contributed by atoms with Crippen LogP contribution in [-0.4, -0.2) is 21.9 Å². The number of rotatable bonds is 5. The third kappa shape index (κ3) is 3.85. The van der Waals surface area contributed by atoms with Crippen molar-refractivity contribution in [1.82, 2.24) is 9.88 Å². The third-order valence-corrected chi connectivity index (χ3v) is 3.50. The summed E-state index contributed by atoms with van der Waals surface area (Å²) in [5.74, 6) is 0. The summed E-state index contributed by atoms with van der Waals surface area (Å²) in [6.45, 7) is 3.89. The van der Waals surface area contributed by atoms with E-state index in [1.807, 2.05) is 30.6 Å². The molecule has 0 aliphatic heterocycles. The highest BCUT2D eigenvalue weighted by Gasteiger charge is 2.06. The first-order chi connectivity index (χ1) is 9.56. The molecular weight excluding hydrogens is 266 g/mol. The van der Waals surface area contributed by atoms with E-state index >= 15 is 0 Å². The summed E-state index contributed by atoms with van der Waals surface area (Å²) in [7, 11) is 2.11. The van der Waals surface area contributed by atoms with Crippen LogP contribution >= 0.6 is 12.2 Å². The Morgan fingerprint density at radius 3 is 2.50 bits per heavy atom. The van der Waals surface area contributed by atoms with Crippen molar-refractivity contribution in [3.05, 3.63) is 65.0 Å². The van der Waals surface area contributed by atoms with Crippen LogP contribution in [0.3, 0.4) is 0 Å². The number of hydrogen-bond donors (Lipinski definition) is 1. The number of aromatic nitrogens is 1. The van der Waals surface area contributed by atoms with E-state index in [1.165, 1.54) is 16.7 Å². The van der Waals surface area contributed by atoms with E-state index in [1.54, 1.807) is 0 Å². The maximum Gasteiger partial charge on any atom is 0.103 e. The Labute approximate surface area is 125 Å². The van der Waals surface area contributed by atoms with Gasteiger partial charge in [-0.3, -0.25) is 9.88 Å². The molecule has 0 radical (unpaired) electrons. The Balaban J connectivity index is 2.04. The first-order valence-electron chi connectivity index (χ1n) is 6.53. The third-order valence-electron chi connectivity index (χ3n) is 3.27. The molecule has 0 saturated carbocycles. The van der Waals surface area contributed by atoms with Crippen LogP contribution in [0.25, 0.3) is 0 Å². The van der Waals surface area contributed by atoms with Crippen molar-refractivity contribution in [2.24, 2.45) is 5.73 Å². The Morgan fingerprint density at radius 1 is 1.20 bits per heavy atom. The fourth-order valence-corrected chi connectivity index (χ4v) is 2.30. The summed E-state index contributed by atoms with van der Waals surface area (Å²) in [5, 5.41) is 0. The molecule has 0 bridgehead atoms. The molecule has 1 heterocycles. The van der Waals surface area contributed by atoms with Crippen molar-refractivity contribution in [1.29, 1.82) is 0 Å². The normalized spacial score (nSPS) is 10.8. The van der Waals surface area contributed by atoms with Gasteiger partial charge in [-0.05, 0) is 48.9 Å². The lowest BCUT2D eigenvalue weighted by atomic mass is 10.0. The molecule has 2 aromatic rings. The van der Waals surface area contributed by atoms with Crippen LogP contribution in [-0.2, 0) is 13.1 Å². The van der Waals surface area contributed by atoms with Gasteiger partial charge in [0, 0.05) is 31.0 Å². The van der Waals surface area contributed by atoms with Crippen LogP contribution in [0.15, 0.2) is 42.7 Å². The largest absolute Gasteiger partial charge is 0.389 e. The van der Waals surface area contributed by atoms with Crippen LogP contribution in [0.2, 0.25) is 0 Å². The zero-order valence-electron chi connectivity index (χ0n) is 11.8. The van der Waals surface area contributed by atoms with Crippen LogP contribution in [0, 0.1) is 6.92 Å². The van der Waals surface area contributed by atoms with Crippen molar-refractivity contribution >= 4 is 17.2 Å². The van der Waals surface area contributed by atoms with Crippen molar-refractivity contribution in [2.45, 2.75) is 20.0 Å². The topological polar surface area (TPSA) is 42.1 Å². The predicted molar refractivity (Wildman–Crippen MR) is 86.5 cm³/mol. The molecule has 0 aliphatic rings. The van der Waals surface area contributed by atoms with Gasteiger partial charge < -0.3 is 5.73 Å². The van der Waals surface area contributed by atoms with Gasteiger partial charge in [0.2, 0.25) is 0 Å². The second-order valence-electron chi connectivity index (χ2n) is 5.03. The van der Waals surface area contributed by atoms with Crippen LogP contribution in [0.1, 0.15) is 22.3 Å². The van der Waals surface area contributed by atoms with Gasteiger partial charge in [-0.15, -0.1) is 0 Å². The van der Waals surface area contributed by atoms with Gasteiger partial charge in [-0.25, -0.2) is 0 Å². The molecule has 1 aromatic heterocycles. The second kappa shape index (κ2) is 6.59. The maximum atomic E-state index is 5.65. The van der Waals surface area contributed by atoms with Gasteiger partial charge in [-0.1, -0.05) is 24.4 Å². The molecule has 0 atom stereocenters. The van der Waals surface area contributed by atoms with Gasteiger partial charge in [0.15, 0.2) is 0 Å². The number of hydrogen-bond acceptors (Lipinski definition) is 3. The quantitative estimate of drug-likeness (QED) is 0.858. The minimum absolute atomic E-state index is 0.449. The SMILES string of the molecule is Cc1cc(C(N)=S)ccc1CN(C)Cc1ccncc1. The lowest BCUT2D eigenvalue weighted by molar-refractivity contribution is 0.318. The first kappa shape index (κ1) is 14.6. The van der Waals surface area contributed by atoms with Gasteiger partial charge in [-0.2, -0.15) is 0 Å². The highest BCUT2D eigenvalue weighted by molar-refractivity contribution is 7.80. The molecule has 0 spiro atoms. The Kier molecular flexibility index (Phi) is 4.82. The number of benzene rings is 1. The molecule has 2 rings (SSSR count). The summed E-state index contributed by atoms with van der Waals surface area (Å²) in [6, 6.07) is 10.2. The lowest BCUT2D eigenvalue weighted by Crippen LogP contribution is -2.18. The molecule has 0 fully saturated rings. The molecule has 4 heteroatoms.